The summed E-state index contributed by atoms with van der Waals surface area (Å²) < 4.78 is 65.6. The Morgan fingerprint density at radius 2 is 1.81 bits per heavy atom. The highest BCUT2D eigenvalue weighted by Gasteiger charge is 2.50. The highest BCUT2D eigenvalue weighted by atomic mass is 32.2. The molecule has 1 fully saturated rings. The van der Waals surface area contributed by atoms with Gasteiger partial charge in [0.15, 0.2) is 0 Å². The summed E-state index contributed by atoms with van der Waals surface area (Å²) in [5, 5.41) is 3.35. The van der Waals surface area contributed by atoms with Gasteiger partial charge in [-0.3, -0.25) is 4.79 Å². The van der Waals surface area contributed by atoms with Crippen molar-refractivity contribution in [3.8, 4) is 5.88 Å². The topological polar surface area (TPSA) is 88.6 Å². The number of anilines is 2. The predicted octanol–water partition coefficient (Wildman–Crippen LogP) is 4.24. The largest absolute Gasteiger partial charge is 0.534 e. The molecule has 0 saturated heterocycles. The lowest BCUT2D eigenvalue weighted by molar-refractivity contribution is -0.117. The van der Waals surface area contributed by atoms with Crippen molar-refractivity contribution in [1.29, 1.82) is 0 Å². The van der Waals surface area contributed by atoms with Gasteiger partial charge in [-0.2, -0.15) is 21.6 Å². The molecule has 2 aromatic rings. The van der Waals surface area contributed by atoms with Crippen LogP contribution in [0.15, 0.2) is 42.5 Å². The van der Waals surface area contributed by atoms with E-state index in [9.17, 15) is 26.4 Å². The summed E-state index contributed by atoms with van der Waals surface area (Å²) in [5.41, 5.74) is -4.14. The fraction of sp³-hybridized carbons (Fsp3) is 0.429. The van der Waals surface area contributed by atoms with Crippen molar-refractivity contribution in [1.82, 2.24) is 4.98 Å². The summed E-state index contributed by atoms with van der Waals surface area (Å²) in [4.78, 5) is 18.3. The number of halogens is 3. The Morgan fingerprint density at radius 3 is 2.38 bits per heavy atom. The number of carbonyl (C=O) groups is 1. The van der Waals surface area contributed by atoms with Gasteiger partial charge in [0, 0.05) is 30.6 Å². The molecule has 2 aliphatic rings. The van der Waals surface area contributed by atoms with Crippen molar-refractivity contribution >= 4 is 27.4 Å². The monoisotopic (exact) mass is 469 g/mol. The number of nitrogens with zero attached hydrogens (tertiary/aromatic N) is 2. The lowest BCUT2D eigenvalue weighted by atomic mass is 9.82. The molecule has 1 amide bonds. The molecule has 1 saturated carbocycles. The van der Waals surface area contributed by atoms with Crippen LogP contribution < -0.4 is 14.4 Å². The molecule has 172 valence electrons. The van der Waals surface area contributed by atoms with Crippen LogP contribution >= 0.6 is 0 Å². The van der Waals surface area contributed by atoms with E-state index in [1.54, 1.807) is 4.90 Å². The molecule has 7 nitrogen and oxygen atoms in total. The Morgan fingerprint density at radius 1 is 1.16 bits per heavy atom. The third-order valence-corrected chi connectivity index (χ3v) is 6.77. The molecule has 11 heteroatoms. The average molecular weight is 469 g/mol. The van der Waals surface area contributed by atoms with Gasteiger partial charge in [0.05, 0.1) is 17.4 Å². The van der Waals surface area contributed by atoms with Crippen LogP contribution in [0.3, 0.4) is 0 Å². The van der Waals surface area contributed by atoms with Gasteiger partial charge < -0.3 is 14.4 Å². The van der Waals surface area contributed by atoms with Gasteiger partial charge in [0.25, 0.3) is 0 Å². The highest BCUT2D eigenvalue weighted by Crippen LogP contribution is 2.50. The quantitative estimate of drug-likeness (QED) is 0.521. The second-order valence-electron chi connectivity index (χ2n) is 8.10. The average Bonchev–Trinajstić information content (AvgIpc) is 3.54. The Hall–Kier alpha value is -2.82. The summed E-state index contributed by atoms with van der Waals surface area (Å²) in [6.45, 7) is 3.37. The van der Waals surface area contributed by atoms with Gasteiger partial charge in [-0.25, -0.2) is 4.98 Å². The summed E-state index contributed by atoms with van der Waals surface area (Å²) in [6, 6.07) is 11.0. The summed E-state index contributed by atoms with van der Waals surface area (Å²) >= 11 is 0. The minimum absolute atomic E-state index is 0.117. The van der Waals surface area contributed by atoms with E-state index in [1.807, 2.05) is 37.3 Å². The van der Waals surface area contributed by atoms with Crippen LogP contribution in [0.4, 0.5) is 24.5 Å². The maximum absolute atomic E-state index is 12.8. The molecule has 1 aromatic heterocycles. The highest BCUT2D eigenvalue weighted by molar-refractivity contribution is 7.87. The minimum Gasteiger partial charge on any atom is -0.376 e. The van der Waals surface area contributed by atoms with Crippen molar-refractivity contribution in [2.45, 2.75) is 44.3 Å². The maximum Gasteiger partial charge on any atom is 0.534 e. The molecular formula is C21H22F3N3O4S. The smallest absolute Gasteiger partial charge is 0.376 e. The van der Waals surface area contributed by atoms with Crippen LogP contribution in [-0.2, 0) is 14.9 Å². The molecule has 1 N–H and O–H groups in total. The number of alkyl halides is 3. The van der Waals surface area contributed by atoms with Gasteiger partial charge in [-0.05, 0) is 37.0 Å². The Labute approximate surface area is 183 Å². The van der Waals surface area contributed by atoms with E-state index in [0.717, 1.165) is 24.6 Å². The van der Waals surface area contributed by atoms with E-state index >= 15 is 0 Å². The van der Waals surface area contributed by atoms with E-state index in [4.69, 9.17) is 0 Å². The van der Waals surface area contributed by atoms with Gasteiger partial charge >= 0.3 is 15.6 Å². The summed E-state index contributed by atoms with van der Waals surface area (Å²) in [5.74, 6) is -0.766. The SMILES string of the molecule is CC(=O)N1c2ccc(OS(=O)(=O)C(F)(F)F)nc2[C@H](Nc2ccccc2)[C@@H](C)[C@@H]1C1CC1. The number of nitrogens with one attached hydrogen (secondary N) is 1. The Bertz CT molecular complexity index is 1120. The fourth-order valence-electron chi connectivity index (χ4n) is 4.30. The first-order valence-electron chi connectivity index (χ1n) is 10.1. The number of benzene rings is 1. The number of amides is 1. The number of hydrogen-bond acceptors (Lipinski definition) is 6. The fourth-order valence-corrected chi connectivity index (χ4v) is 4.71. The van der Waals surface area contributed by atoms with Gasteiger partial charge in [-0.1, -0.05) is 25.1 Å². The molecule has 32 heavy (non-hydrogen) atoms. The third kappa shape index (κ3) is 4.13. The van der Waals surface area contributed by atoms with E-state index in [1.165, 1.54) is 13.0 Å². The molecule has 3 atom stereocenters. The van der Waals surface area contributed by atoms with Crippen LogP contribution in [-0.4, -0.2) is 30.9 Å². The number of para-hydroxylation sites is 1. The molecule has 0 unspecified atom stereocenters. The number of pyridine rings is 1. The summed E-state index contributed by atoms with van der Waals surface area (Å²) in [7, 11) is -5.87. The van der Waals surface area contributed by atoms with E-state index in [0.29, 0.717) is 11.6 Å². The third-order valence-electron chi connectivity index (χ3n) is 5.81. The molecule has 0 spiro atoms. The van der Waals surface area contributed by atoms with E-state index in [-0.39, 0.29) is 23.6 Å². The molecule has 2 heterocycles. The molecular weight excluding hydrogens is 447 g/mol. The first kappa shape index (κ1) is 22.4. The van der Waals surface area contributed by atoms with Crippen molar-refractivity contribution in [2.75, 3.05) is 10.2 Å². The van der Waals surface area contributed by atoms with Crippen molar-refractivity contribution < 1.29 is 30.6 Å². The second-order valence-corrected chi connectivity index (χ2v) is 9.64. The number of hydrogen-bond donors (Lipinski definition) is 1. The lowest BCUT2D eigenvalue weighted by Gasteiger charge is -2.45. The van der Waals surface area contributed by atoms with Crippen molar-refractivity contribution in [3.05, 3.63) is 48.2 Å². The number of carbonyl (C=O) groups excluding carboxylic acids is 1. The normalized spacial score (nSPS) is 23.4. The molecule has 0 bridgehead atoms. The van der Waals surface area contributed by atoms with E-state index < -0.39 is 27.5 Å². The zero-order chi connectivity index (χ0) is 23.3. The second kappa shape index (κ2) is 7.95. The van der Waals surface area contributed by atoms with Crippen LogP contribution in [0.5, 0.6) is 5.88 Å². The van der Waals surface area contributed by atoms with Crippen molar-refractivity contribution in [2.24, 2.45) is 11.8 Å². The first-order chi connectivity index (χ1) is 15.0. The zero-order valence-corrected chi connectivity index (χ0v) is 18.2. The van der Waals surface area contributed by atoms with Crippen LogP contribution in [0.25, 0.3) is 0 Å². The molecule has 1 aliphatic carbocycles. The number of aromatic nitrogens is 1. The standard InChI is InChI=1S/C21H22F3N3O4S/c1-12-18(25-15-6-4-3-5-7-15)19-16(27(13(2)28)20(12)14-8-9-14)10-11-17(26-19)31-32(29,30)21(22,23)24/h3-7,10-12,14,18,20,25H,8-9H2,1-2H3/t12-,18-,20-/m1/s1. The van der Waals surface area contributed by atoms with Gasteiger partial charge in [0.1, 0.15) is 0 Å². The Balaban J connectivity index is 1.80. The minimum atomic E-state index is -5.87. The van der Waals surface area contributed by atoms with E-state index in [2.05, 4.69) is 14.5 Å². The summed E-state index contributed by atoms with van der Waals surface area (Å²) in [6.07, 6.45) is 1.95. The van der Waals surface area contributed by atoms with Crippen LogP contribution in [0, 0.1) is 11.8 Å². The number of fused-ring (bicyclic) bond motifs is 1. The van der Waals surface area contributed by atoms with Gasteiger partial charge in [-0.15, -0.1) is 0 Å². The molecule has 0 radical (unpaired) electrons. The van der Waals surface area contributed by atoms with Crippen LogP contribution in [0.1, 0.15) is 38.4 Å². The molecule has 1 aliphatic heterocycles. The maximum atomic E-state index is 12.8. The molecule has 4 rings (SSSR count). The zero-order valence-electron chi connectivity index (χ0n) is 17.3. The first-order valence-corrected chi connectivity index (χ1v) is 11.5. The predicted molar refractivity (Wildman–Crippen MR) is 111 cm³/mol. The molecule has 1 aromatic carbocycles. The number of rotatable bonds is 5. The van der Waals surface area contributed by atoms with Gasteiger partial charge in [0.2, 0.25) is 11.8 Å². The van der Waals surface area contributed by atoms with Crippen LogP contribution in [0.2, 0.25) is 0 Å². The van der Waals surface area contributed by atoms with Crippen molar-refractivity contribution in [3.63, 3.8) is 0 Å². The lowest BCUT2D eigenvalue weighted by Crippen LogP contribution is -2.51. The Kier molecular flexibility index (Phi) is 5.56.